The van der Waals surface area contributed by atoms with Crippen molar-refractivity contribution in [2.75, 3.05) is 13.2 Å². The number of ether oxygens (including phenoxy) is 1. The van der Waals surface area contributed by atoms with Gasteiger partial charge in [-0.05, 0) is 50.3 Å². The molecule has 1 unspecified atom stereocenters. The number of benzene rings is 1. The molecular formula is C14H20BrNO3S. The third-order valence-corrected chi connectivity index (χ3v) is 5.57. The van der Waals surface area contributed by atoms with Crippen LogP contribution in [0.3, 0.4) is 0 Å². The van der Waals surface area contributed by atoms with Crippen molar-refractivity contribution < 1.29 is 13.2 Å². The van der Waals surface area contributed by atoms with E-state index in [1.54, 1.807) is 19.1 Å². The van der Waals surface area contributed by atoms with Gasteiger partial charge in [-0.3, -0.25) is 0 Å². The topological polar surface area (TPSA) is 55.4 Å². The molecule has 1 N–H and O–H groups in total. The van der Waals surface area contributed by atoms with Crippen LogP contribution in [0.4, 0.5) is 0 Å². The Balaban J connectivity index is 1.95. The molecule has 1 saturated heterocycles. The molecule has 0 spiro atoms. The van der Waals surface area contributed by atoms with E-state index >= 15 is 0 Å². The van der Waals surface area contributed by atoms with E-state index in [0.29, 0.717) is 11.4 Å². The molecule has 1 aliphatic rings. The molecule has 0 radical (unpaired) electrons. The maximum absolute atomic E-state index is 12.3. The SMILES string of the molecule is Cc1ccc(Br)cc1S(=O)(=O)NCCC1CCCCO1. The zero-order valence-electron chi connectivity index (χ0n) is 11.6. The Hall–Kier alpha value is -0.430. The van der Waals surface area contributed by atoms with Crippen LogP contribution in [0.5, 0.6) is 0 Å². The molecule has 0 aromatic heterocycles. The molecule has 112 valence electrons. The lowest BCUT2D eigenvalue weighted by Crippen LogP contribution is -2.29. The van der Waals surface area contributed by atoms with Gasteiger partial charge in [0.25, 0.3) is 0 Å². The van der Waals surface area contributed by atoms with Crippen LogP contribution in [0.2, 0.25) is 0 Å². The van der Waals surface area contributed by atoms with Crippen LogP contribution >= 0.6 is 15.9 Å². The Bertz CT molecular complexity index is 554. The predicted molar refractivity (Wildman–Crippen MR) is 82.3 cm³/mol. The van der Waals surface area contributed by atoms with Gasteiger partial charge in [-0.2, -0.15) is 0 Å². The van der Waals surface area contributed by atoms with Crippen LogP contribution in [0, 0.1) is 6.92 Å². The van der Waals surface area contributed by atoms with E-state index in [4.69, 9.17) is 4.74 Å². The van der Waals surface area contributed by atoms with Gasteiger partial charge in [0.2, 0.25) is 10.0 Å². The quantitative estimate of drug-likeness (QED) is 0.876. The van der Waals surface area contributed by atoms with Crippen molar-refractivity contribution in [1.82, 2.24) is 4.72 Å². The van der Waals surface area contributed by atoms with Gasteiger partial charge < -0.3 is 4.74 Å². The van der Waals surface area contributed by atoms with Crippen molar-refractivity contribution in [1.29, 1.82) is 0 Å². The number of halogens is 1. The van der Waals surface area contributed by atoms with Gasteiger partial charge in [0.15, 0.2) is 0 Å². The summed E-state index contributed by atoms with van der Waals surface area (Å²) in [6.45, 7) is 3.01. The first-order valence-corrected chi connectivity index (χ1v) is 9.14. The lowest BCUT2D eigenvalue weighted by Gasteiger charge is -2.22. The molecule has 0 amide bonds. The van der Waals surface area contributed by atoms with Gasteiger partial charge >= 0.3 is 0 Å². The molecule has 1 fully saturated rings. The molecule has 1 atom stereocenters. The Morgan fingerprint density at radius 3 is 2.90 bits per heavy atom. The minimum absolute atomic E-state index is 0.190. The fourth-order valence-electron chi connectivity index (χ4n) is 2.33. The highest BCUT2D eigenvalue weighted by molar-refractivity contribution is 9.10. The summed E-state index contributed by atoms with van der Waals surface area (Å²) in [5.41, 5.74) is 0.745. The molecule has 1 heterocycles. The van der Waals surface area contributed by atoms with Crippen molar-refractivity contribution in [2.24, 2.45) is 0 Å². The minimum Gasteiger partial charge on any atom is -0.378 e. The number of aryl methyl sites for hydroxylation is 1. The average molecular weight is 362 g/mol. The van der Waals surface area contributed by atoms with E-state index in [-0.39, 0.29) is 6.10 Å². The van der Waals surface area contributed by atoms with Crippen LogP contribution in [-0.4, -0.2) is 27.7 Å². The summed E-state index contributed by atoms with van der Waals surface area (Å²) >= 11 is 3.31. The van der Waals surface area contributed by atoms with Crippen LogP contribution in [0.25, 0.3) is 0 Å². The summed E-state index contributed by atoms with van der Waals surface area (Å²) in [7, 11) is -3.45. The zero-order valence-corrected chi connectivity index (χ0v) is 14.0. The van der Waals surface area contributed by atoms with E-state index in [1.807, 2.05) is 6.07 Å². The van der Waals surface area contributed by atoms with Gasteiger partial charge in [-0.1, -0.05) is 22.0 Å². The largest absolute Gasteiger partial charge is 0.378 e. The number of hydrogen-bond acceptors (Lipinski definition) is 3. The molecule has 1 aromatic rings. The molecule has 1 aromatic carbocycles. The summed E-state index contributed by atoms with van der Waals surface area (Å²) in [4.78, 5) is 0.330. The number of sulfonamides is 1. The molecule has 6 heteroatoms. The maximum Gasteiger partial charge on any atom is 0.240 e. The Morgan fingerprint density at radius 1 is 1.40 bits per heavy atom. The summed E-state index contributed by atoms with van der Waals surface area (Å²) in [6.07, 6.45) is 4.22. The van der Waals surface area contributed by atoms with Gasteiger partial charge in [0.05, 0.1) is 11.0 Å². The number of rotatable bonds is 5. The van der Waals surface area contributed by atoms with E-state index in [9.17, 15) is 8.42 Å². The highest BCUT2D eigenvalue weighted by Crippen LogP contribution is 2.21. The van der Waals surface area contributed by atoms with Crippen molar-refractivity contribution in [3.05, 3.63) is 28.2 Å². The average Bonchev–Trinajstić information content (AvgIpc) is 2.42. The summed E-state index contributed by atoms with van der Waals surface area (Å²) in [6, 6.07) is 5.27. The van der Waals surface area contributed by atoms with E-state index in [0.717, 1.165) is 35.9 Å². The summed E-state index contributed by atoms with van der Waals surface area (Å²) in [5, 5.41) is 0. The fraction of sp³-hybridized carbons (Fsp3) is 0.571. The second kappa shape index (κ2) is 7.02. The highest BCUT2D eigenvalue weighted by atomic mass is 79.9. The number of nitrogens with one attached hydrogen (secondary N) is 1. The zero-order chi connectivity index (χ0) is 14.6. The van der Waals surface area contributed by atoms with Crippen molar-refractivity contribution in [3.63, 3.8) is 0 Å². The molecule has 0 aliphatic carbocycles. The lowest BCUT2D eigenvalue weighted by atomic mass is 10.1. The third kappa shape index (κ3) is 4.28. The molecular weight excluding hydrogens is 342 g/mol. The van der Waals surface area contributed by atoms with Gasteiger partial charge in [0.1, 0.15) is 0 Å². The monoisotopic (exact) mass is 361 g/mol. The van der Waals surface area contributed by atoms with Crippen LogP contribution in [-0.2, 0) is 14.8 Å². The Labute approximate surface area is 129 Å². The fourth-order valence-corrected chi connectivity index (χ4v) is 4.16. The lowest BCUT2D eigenvalue weighted by molar-refractivity contribution is 0.0123. The Kier molecular flexibility index (Phi) is 5.60. The van der Waals surface area contributed by atoms with Crippen LogP contribution in [0.1, 0.15) is 31.2 Å². The first-order valence-electron chi connectivity index (χ1n) is 6.86. The second-order valence-corrected chi connectivity index (χ2v) is 7.74. The summed E-state index contributed by atoms with van der Waals surface area (Å²) < 4.78 is 33.6. The molecule has 0 saturated carbocycles. The molecule has 1 aliphatic heterocycles. The minimum atomic E-state index is -3.45. The van der Waals surface area contributed by atoms with Crippen LogP contribution in [0.15, 0.2) is 27.6 Å². The van der Waals surface area contributed by atoms with Crippen molar-refractivity contribution >= 4 is 26.0 Å². The normalized spacial score (nSPS) is 20.0. The van der Waals surface area contributed by atoms with Gasteiger partial charge in [-0.15, -0.1) is 0 Å². The van der Waals surface area contributed by atoms with Crippen molar-refractivity contribution in [3.8, 4) is 0 Å². The highest BCUT2D eigenvalue weighted by Gasteiger charge is 2.19. The molecule has 2 rings (SSSR count). The van der Waals surface area contributed by atoms with E-state index in [2.05, 4.69) is 20.7 Å². The van der Waals surface area contributed by atoms with Gasteiger partial charge in [-0.25, -0.2) is 13.1 Å². The first kappa shape index (κ1) is 15.9. The number of hydrogen-bond donors (Lipinski definition) is 1. The smallest absolute Gasteiger partial charge is 0.240 e. The van der Waals surface area contributed by atoms with Crippen molar-refractivity contribution in [2.45, 2.75) is 43.6 Å². The Morgan fingerprint density at radius 2 is 2.20 bits per heavy atom. The third-order valence-electron chi connectivity index (χ3n) is 3.47. The summed E-state index contributed by atoms with van der Waals surface area (Å²) in [5.74, 6) is 0. The molecule has 0 bridgehead atoms. The maximum atomic E-state index is 12.3. The van der Waals surface area contributed by atoms with E-state index in [1.165, 1.54) is 6.42 Å². The van der Waals surface area contributed by atoms with Gasteiger partial charge in [0, 0.05) is 17.6 Å². The molecule has 4 nitrogen and oxygen atoms in total. The van der Waals surface area contributed by atoms with Crippen LogP contribution < -0.4 is 4.72 Å². The predicted octanol–water partition coefficient (Wildman–Crippen LogP) is 3.00. The molecule has 20 heavy (non-hydrogen) atoms. The standard InChI is InChI=1S/C14H20BrNO3S/c1-11-5-6-12(15)10-14(11)20(17,18)16-8-7-13-4-2-3-9-19-13/h5-6,10,13,16H,2-4,7-9H2,1H3. The second-order valence-electron chi connectivity index (χ2n) is 5.08. The van der Waals surface area contributed by atoms with E-state index < -0.39 is 10.0 Å². The first-order chi connectivity index (χ1) is 9.49.